The van der Waals surface area contributed by atoms with Gasteiger partial charge in [-0.15, -0.1) is 0 Å². The third kappa shape index (κ3) is 3.68. The zero-order valence-electron chi connectivity index (χ0n) is 15.0. The van der Waals surface area contributed by atoms with Crippen LogP contribution in [-0.4, -0.2) is 39.8 Å². The summed E-state index contributed by atoms with van der Waals surface area (Å²) in [6, 6.07) is 11.7. The maximum atomic E-state index is 14.0. The lowest BCUT2D eigenvalue weighted by atomic mass is 9.96. The highest BCUT2D eigenvalue weighted by atomic mass is 32.1. The van der Waals surface area contributed by atoms with Crippen molar-refractivity contribution in [1.29, 1.82) is 0 Å². The lowest BCUT2D eigenvalue weighted by molar-refractivity contribution is -0.121. The van der Waals surface area contributed by atoms with E-state index < -0.39 is 5.82 Å². The molecule has 1 atom stereocenters. The molecule has 8 heteroatoms. The van der Waals surface area contributed by atoms with Gasteiger partial charge in [-0.1, -0.05) is 18.2 Å². The molecule has 3 aromatic rings. The van der Waals surface area contributed by atoms with Crippen LogP contribution in [0.1, 0.15) is 23.2 Å². The number of hydrogen-bond acceptors (Lipinski definition) is 3. The first-order valence-corrected chi connectivity index (χ1v) is 9.49. The number of fused-ring (bicyclic) bond motifs is 1. The van der Waals surface area contributed by atoms with Crippen molar-refractivity contribution in [2.45, 2.75) is 12.8 Å². The van der Waals surface area contributed by atoms with Crippen LogP contribution in [0.3, 0.4) is 0 Å². The molecule has 1 saturated heterocycles. The number of benzene rings is 2. The molecule has 4 rings (SSSR count). The number of carbonyl (C=O) groups excluding carboxylic acids is 2. The molecule has 2 heterocycles. The van der Waals surface area contributed by atoms with Gasteiger partial charge in [-0.05, 0) is 49.3 Å². The van der Waals surface area contributed by atoms with E-state index in [1.165, 1.54) is 12.1 Å². The van der Waals surface area contributed by atoms with Gasteiger partial charge in [-0.2, -0.15) is 0 Å². The number of H-pyrrole nitrogens is 2. The fourth-order valence-corrected chi connectivity index (χ4v) is 3.80. The Morgan fingerprint density at radius 3 is 2.75 bits per heavy atom. The number of imidazole rings is 1. The molecule has 1 fully saturated rings. The van der Waals surface area contributed by atoms with Crippen molar-refractivity contribution in [3.63, 3.8) is 0 Å². The second-order valence-corrected chi connectivity index (χ2v) is 7.31. The predicted molar refractivity (Wildman–Crippen MR) is 107 cm³/mol. The van der Waals surface area contributed by atoms with Gasteiger partial charge in [0, 0.05) is 18.8 Å². The molecule has 28 heavy (non-hydrogen) atoms. The third-order valence-corrected chi connectivity index (χ3v) is 5.15. The van der Waals surface area contributed by atoms with E-state index in [-0.39, 0.29) is 23.3 Å². The third-order valence-electron chi connectivity index (χ3n) is 4.94. The number of likely N-dealkylation sites (tertiary alicyclic amines) is 1. The number of nitrogens with zero attached hydrogens (tertiary/aromatic N) is 1. The van der Waals surface area contributed by atoms with Gasteiger partial charge >= 0.3 is 0 Å². The summed E-state index contributed by atoms with van der Waals surface area (Å²) in [5, 5.41) is 2.89. The second kappa shape index (κ2) is 7.55. The summed E-state index contributed by atoms with van der Waals surface area (Å²) in [5.41, 5.74) is 1.87. The molecule has 1 unspecified atom stereocenters. The molecule has 144 valence electrons. The minimum absolute atomic E-state index is 0.117. The molecule has 0 spiro atoms. The lowest BCUT2D eigenvalue weighted by Gasteiger charge is -2.32. The van der Waals surface area contributed by atoms with E-state index in [1.54, 1.807) is 4.90 Å². The number of amides is 2. The van der Waals surface area contributed by atoms with Crippen LogP contribution in [0.25, 0.3) is 11.0 Å². The van der Waals surface area contributed by atoms with E-state index in [0.717, 1.165) is 5.69 Å². The minimum atomic E-state index is -0.517. The molecule has 6 nitrogen and oxygen atoms in total. The molecule has 1 aromatic heterocycles. The number of carbonyl (C=O) groups is 2. The normalized spacial score (nSPS) is 16.9. The molecular weight excluding hydrogens is 379 g/mol. The molecule has 2 amide bonds. The smallest absolute Gasteiger partial charge is 0.256 e. The minimum Gasteiger partial charge on any atom is -0.338 e. The van der Waals surface area contributed by atoms with Crippen molar-refractivity contribution in [3.05, 3.63) is 58.6 Å². The molecule has 0 saturated carbocycles. The van der Waals surface area contributed by atoms with Crippen LogP contribution in [0, 0.1) is 16.5 Å². The summed E-state index contributed by atoms with van der Waals surface area (Å²) in [5.74, 6) is -1.26. The van der Waals surface area contributed by atoms with Gasteiger partial charge < -0.3 is 20.2 Å². The van der Waals surface area contributed by atoms with Gasteiger partial charge in [0.2, 0.25) is 5.91 Å². The number of nitrogens with one attached hydrogen (secondary N) is 3. The van der Waals surface area contributed by atoms with Crippen LogP contribution < -0.4 is 5.32 Å². The second-order valence-electron chi connectivity index (χ2n) is 6.90. The van der Waals surface area contributed by atoms with Crippen LogP contribution in [-0.2, 0) is 4.79 Å². The average molecular weight is 398 g/mol. The molecule has 0 bridgehead atoms. The highest BCUT2D eigenvalue weighted by Gasteiger charge is 2.30. The lowest BCUT2D eigenvalue weighted by Crippen LogP contribution is -2.43. The number of aromatic amines is 2. The summed E-state index contributed by atoms with van der Waals surface area (Å²) >= 11 is 5.06. The Bertz CT molecular complexity index is 1090. The summed E-state index contributed by atoms with van der Waals surface area (Å²) in [6.07, 6.45) is 1.41. The fourth-order valence-electron chi connectivity index (χ4n) is 3.59. The number of rotatable bonds is 3. The maximum absolute atomic E-state index is 14.0. The number of para-hydroxylation sites is 1. The van der Waals surface area contributed by atoms with Crippen LogP contribution in [0.2, 0.25) is 0 Å². The van der Waals surface area contributed by atoms with Crippen molar-refractivity contribution in [2.24, 2.45) is 5.92 Å². The molecule has 0 aliphatic carbocycles. The van der Waals surface area contributed by atoms with Crippen molar-refractivity contribution in [3.8, 4) is 0 Å². The summed E-state index contributed by atoms with van der Waals surface area (Å²) < 4.78 is 14.3. The van der Waals surface area contributed by atoms with Gasteiger partial charge in [0.15, 0.2) is 4.77 Å². The Kier molecular flexibility index (Phi) is 4.95. The molecular formula is C20H19FN4O2S. The number of hydrogen-bond donors (Lipinski definition) is 3. The van der Waals surface area contributed by atoms with Crippen LogP contribution >= 0.6 is 12.2 Å². The van der Waals surface area contributed by atoms with E-state index in [1.807, 2.05) is 30.3 Å². The highest BCUT2D eigenvalue weighted by Crippen LogP contribution is 2.24. The average Bonchev–Trinajstić information content (AvgIpc) is 3.07. The van der Waals surface area contributed by atoms with E-state index in [2.05, 4.69) is 15.3 Å². The SMILES string of the molecule is O=C(Nc1ccccc1)C1CCCN(C(=O)c2cc(F)cc3[nH]c(=S)[nH]c23)C1. The fraction of sp³-hybridized carbons (Fsp3) is 0.250. The summed E-state index contributed by atoms with van der Waals surface area (Å²) in [4.78, 5) is 33.0. The number of halogens is 1. The molecule has 0 radical (unpaired) electrons. The van der Waals surface area contributed by atoms with Gasteiger partial charge in [-0.25, -0.2) is 4.39 Å². The Hall–Kier alpha value is -3.00. The van der Waals surface area contributed by atoms with Crippen molar-refractivity contribution in [2.75, 3.05) is 18.4 Å². The van der Waals surface area contributed by atoms with Crippen molar-refractivity contribution >= 4 is 40.8 Å². The predicted octanol–water partition coefficient (Wildman–Crippen LogP) is 3.86. The molecule has 2 aromatic carbocycles. The topological polar surface area (TPSA) is 81.0 Å². The van der Waals surface area contributed by atoms with Crippen LogP contribution in [0.4, 0.5) is 10.1 Å². The molecule has 3 N–H and O–H groups in total. The van der Waals surface area contributed by atoms with Crippen LogP contribution in [0.15, 0.2) is 42.5 Å². The van der Waals surface area contributed by atoms with Gasteiger partial charge in [-0.3, -0.25) is 9.59 Å². The first-order valence-electron chi connectivity index (χ1n) is 9.08. The van der Waals surface area contributed by atoms with E-state index >= 15 is 0 Å². The van der Waals surface area contributed by atoms with Crippen molar-refractivity contribution < 1.29 is 14.0 Å². The highest BCUT2D eigenvalue weighted by molar-refractivity contribution is 7.71. The molecule has 1 aliphatic rings. The monoisotopic (exact) mass is 398 g/mol. The van der Waals surface area contributed by atoms with Crippen LogP contribution in [0.5, 0.6) is 0 Å². The van der Waals surface area contributed by atoms with E-state index in [4.69, 9.17) is 12.2 Å². The Morgan fingerprint density at radius 1 is 1.18 bits per heavy atom. The molecule has 1 aliphatic heterocycles. The van der Waals surface area contributed by atoms with Gasteiger partial charge in [0.05, 0.1) is 22.5 Å². The first kappa shape index (κ1) is 18.4. The Balaban J connectivity index is 1.54. The maximum Gasteiger partial charge on any atom is 0.256 e. The summed E-state index contributed by atoms with van der Waals surface area (Å²) in [6.45, 7) is 0.817. The van der Waals surface area contributed by atoms with Gasteiger partial charge in [0.1, 0.15) is 5.82 Å². The van der Waals surface area contributed by atoms with E-state index in [0.29, 0.717) is 41.7 Å². The van der Waals surface area contributed by atoms with E-state index in [9.17, 15) is 14.0 Å². The Morgan fingerprint density at radius 2 is 1.96 bits per heavy atom. The summed E-state index contributed by atoms with van der Waals surface area (Å²) in [7, 11) is 0. The Labute approximate surface area is 165 Å². The first-order chi connectivity index (χ1) is 13.5. The van der Waals surface area contributed by atoms with Crippen molar-refractivity contribution in [1.82, 2.24) is 14.9 Å². The van der Waals surface area contributed by atoms with Gasteiger partial charge in [0.25, 0.3) is 5.91 Å². The largest absolute Gasteiger partial charge is 0.338 e. The zero-order valence-corrected chi connectivity index (χ0v) is 15.8. The number of aromatic nitrogens is 2. The quantitative estimate of drug-likeness (QED) is 0.586. The number of anilines is 1. The zero-order chi connectivity index (χ0) is 19.7. The standard InChI is InChI=1S/C20H19FN4O2S/c21-13-9-15(17-16(10-13)23-20(28)24-17)19(27)25-8-4-5-12(11-25)18(26)22-14-6-2-1-3-7-14/h1-3,6-7,9-10,12H,4-5,8,11H2,(H,22,26)(H2,23,24,28). The number of piperidine rings is 1.